The summed E-state index contributed by atoms with van der Waals surface area (Å²) in [4.78, 5) is 16.4. The van der Waals surface area contributed by atoms with Crippen LogP contribution in [0.25, 0.3) is 0 Å². The van der Waals surface area contributed by atoms with Gasteiger partial charge in [-0.1, -0.05) is 0 Å². The third kappa shape index (κ3) is 3.73. The van der Waals surface area contributed by atoms with E-state index >= 15 is 0 Å². The molecule has 3 heterocycles. The van der Waals surface area contributed by atoms with Crippen LogP contribution in [0.1, 0.15) is 34.4 Å². The fourth-order valence-corrected chi connectivity index (χ4v) is 3.60. The van der Waals surface area contributed by atoms with Crippen molar-refractivity contribution in [3.63, 3.8) is 0 Å². The molecule has 0 spiro atoms. The van der Waals surface area contributed by atoms with Crippen LogP contribution in [0, 0.1) is 6.92 Å². The number of carbonyl (C=O) groups excluding carboxylic acids is 1. The van der Waals surface area contributed by atoms with Crippen LogP contribution in [0.15, 0.2) is 18.2 Å². The van der Waals surface area contributed by atoms with Gasteiger partial charge in [-0.2, -0.15) is 5.10 Å². The smallest absolute Gasteiger partial charge is 0.323 e. The van der Waals surface area contributed by atoms with E-state index in [0.29, 0.717) is 12.4 Å². The van der Waals surface area contributed by atoms with Gasteiger partial charge >= 0.3 is 6.03 Å². The highest BCUT2D eigenvalue weighted by atomic mass is 32.1. The maximum atomic E-state index is 12.4. The highest BCUT2D eigenvalue weighted by molar-refractivity contribution is 7.11. The van der Waals surface area contributed by atoms with Gasteiger partial charge in [0.2, 0.25) is 0 Å². The van der Waals surface area contributed by atoms with Crippen LogP contribution in [0.5, 0.6) is 0 Å². The molecule has 0 aliphatic carbocycles. The van der Waals surface area contributed by atoms with E-state index in [1.165, 1.54) is 9.75 Å². The Morgan fingerprint density at radius 1 is 1.57 bits per heavy atom. The zero-order valence-electron chi connectivity index (χ0n) is 13.7. The summed E-state index contributed by atoms with van der Waals surface area (Å²) in [6.45, 7) is 3.45. The summed E-state index contributed by atoms with van der Waals surface area (Å²) in [5.74, 6) is 0.690. The average Bonchev–Trinajstić information content (AvgIpc) is 3.22. The molecule has 0 aromatic carbocycles. The lowest BCUT2D eigenvalue weighted by Gasteiger charge is -2.17. The Morgan fingerprint density at radius 3 is 3.04 bits per heavy atom. The van der Waals surface area contributed by atoms with Crippen molar-refractivity contribution >= 4 is 23.2 Å². The Balaban J connectivity index is 1.62. The standard InChI is InChI=1S/C16H22N4O2S/c1-11-6-7-12(23-11)10-19(2)16(21)17-15-9-13(18-20(15)3)14-5-4-8-22-14/h6-7,9,14H,4-5,8,10H2,1-3H3,(H,17,21). The summed E-state index contributed by atoms with van der Waals surface area (Å²) in [5.41, 5.74) is 0.886. The van der Waals surface area contributed by atoms with Gasteiger partial charge in [0.1, 0.15) is 11.9 Å². The van der Waals surface area contributed by atoms with E-state index in [2.05, 4.69) is 29.5 Å². The lowest BCUT2D eigenvalue weighted by atomic mass is 10.2. The Kier molecular flexibility index (Phi) is 4.68. The van der Waals surface area contributed by atoms with Crippen LogP contribution >= 0.6 is 11.3 Å². The van der Waals surface area contributed by atoms with Crippen molar-refractivity contribution in [3.8, 4) is 0 Å². The summed E-state index contributed by atoms with van der Waals surface area (Å²) in [6, 6.07) is 5.89. The third-order valence-electron chi connectivity index (χ3n) is 3.93. The first kappa shape index (κ1) is 16.0. The van der Waals surface area contributed by atoms with Crippen molar-refractivity contribution in [2.24, 2.45) is 7.05 Å². The van der Waals surface area contributed by atoms with Gasteiger partial charge in [-0.15, -0.1) is 11.3 Å². The number of carbonyl (C=O) groups is 1. The molecule has 1 fully saturated rings. The molecule has 2 aromatic rings. The van der Waals surface area contributed by atoms with Gasteiger partial charge in [-0.3, -0.25) is 10.00 Å². The Morgan fingerprint density at radius 2 is 2.39 bits per heavy atom. The SMILES string of the molecule is Cc1ccc(CN(C)C(=O)Nc2cc(C3CCCO3)nn2C)s1. The van der Waals surface area contributed by atoms with Gasteiger partial charge in [-0.25, -0.2) is 4.79 Å². The molecule has 124 valence electrons. The van der Waals surface area contributed by atoms with Gasteiger partial charge in [0.15, 0.2) is 0 Å². The Bertz CT molecular complexity index is 688. The highest BCUT2D eigenvalue weighted by Crippen LogP contribution is 2.29. The summed E-state index contributed by atoms with van der Waals surface area (Å²) < 4.78 is 7.34. The predicted octanol–water partition coefficient (Wildman–Crippen LogP) is 3.31. The number of ether oxygens (including phenoxy) is 1. The van der Waals surface area contributed by atoms with Gasteiger partial charge in [0.25, 0.3) is 0 Å². The van der Waals surface area contributed by atoms with E-state index in [9.17, 15) is 4.79 Å². The zero-order chi connectivity index (χ0) is 16.4. The molecule has 1 atom stereocenters. The number of rotatable bonds is 4. The normalized spacial score (nSPS) is 17.4. The fourth-order valence-electron chi connectivity index (χ4n) is 2.66. The zero-order valence-corrected chi connectivity index (χ0v) is 14.5. The molecule has 3 rings (SSSR count). The van der Waals surface area contributed by atoms with E-state index in [1.54, 1.807) is 28.0 Å². The lowest BCUT2D eigenvalue weighted by Crippen LogP contribution is -2.31. The first-order valence-corrected chi connectivity index (χ1v) is 8.57. The second kappa shape index (κ2) is 6.72. The van der Waals surface area contributed by atoms with Crippen LogP contribution in [-0.2, 0) is 18.3 Å². The molecule has 1 saturated heterocycles. The van der Waals surface area contributed by atoms with Crippen LogP contribution in [0.3, 0.4) is 0 Å². The van der Waals surface area contributed by atoms with E-state index in [-0.39, 0.29) is 12.1 Å². The molecule has 23 heavy (non-hydrogen) atoms. The molecule has 2 amide bonds. The number of nitrogens with one attached hydrogen (secondary N) is 1. The minimum absolute atomic E-state index is 0.0543. The summed E-state index contributed by atoms with van der Waals surface area (Å²) >= 11 is 1.71. The number of hydrogen-bond donors (Lipinski definition) is 1. The van der Waals surface area contributed by atoms with Crippen molar-refractivity contribution in [1.82, 2.24) is 14.7 Å². The topological polar surface area (TPSA) is 59.4 Å². The molecule has 1 unspecified atom stereocenters. The van der Waals surface area contributed by atoms with Crippen molar-refractivity contribution in [1.29, 1.82) is 0 Å². The molecular formula is C16H22N4O2S. The number of nitrogens with zero attached hydrogens (tertiary/aromatic N) is 3. The molecular weight excluding hydrogens is 312 g/mol. The van der Waals surface area contributed by atoms with Crippen molar-refractivity contribution in [3.05, 3.63) is 33.6 Å². The van der Waals surface area contributed by atoms with Crippen LogP contribution < -0.4 is 5.32 Å². The lowest BCUT2D eigenvalue weighted by molar-refractivity contribution is 0.108. The largest absolute Gasteiger partial charge is 0.372 e. The number of aromatic nitrogens is 2. The van der Waals surface area contributed by atoms with Gasteiger partial charge in [0.05, 0.1) is 12.2 Å². The number of thiophene rings is 1. The third-order valence-corrected chi connectivity index (χ3v) is 4.91. The molecule has 1 aliphatic rings. The second-order valence-electron chi connectivity index (χ2n) is 5.88. The van der Waals surface area contributed by atoms with E-state index in [0.717, 1.165) is 25.1 Å². The molecule has 0 radical (unpaired) electrons. The number of hydrogen-bond acceptors (Lipinski definition) is 4. The Labute approximate surface area is 140 Å². The number of amides is 2. The van der Waals surface area contributed by atoms with E-state index in [1.807, 2.05) is 13.1 Å². The maximum absolute atomic E-state index is 12.4. The van der Waals surface area contributed by atoms with Gasteiger partial charge in [-0.05, 0) is 31.9 Å². The average molecular weight is 334 g/mol. The van der Waals surface area contributed by atoms with Crippen LogP contribution in [0.2, 0.25) is 0 Å². The van der Waals surface area contributed by atoms with Gasteiger partial charge < -0.3 is 9.64 Å². The first-order chi connectivity index (χ1) is 11.0. The molecule has 2 aromatic heterocycles. The fraction of sp³-hybridized carbons (Fsp3) is 0.500. The van der Waals surface area contributed by atoms with Crippen molar-refractivity contribution < 1.29 is 9.53 Å². The minimum atomic E-state index is -0.141. The number of urea groups is 1. The molecule has 7 heteroatoms. The summed E-state index contributed by atoms with van der Waals surface area (Å²) in [5, 5.41) is 7.37. The van der Waals surface area contributed by atoms with Crippen LogP contribution in [0.4, 0.5) is 10.6 Å². The summed E-state index contributed by atoms with van der Waals surface area (Å²) in [6.07, 6.45) is 2.10. The predicted molar refractivity (Wildman–Crippen MR) is 90.7 cm³/mol. The highest BCUT2D eigenvalue weighted by Gasteiger charge is 2.22. The number of aryl methyl sites for hydroxylation is 2. The molecule has 1 aliphatic heterocycles. The molecule has 6 nitrogen and oxygen atoms in total. The molecule has 0 saturated carbocycles. The van der Waals surface area contributed by atoms with Gasteiger partial charge in [0, 0.05) is 36.5 Å². The monoisotopic (exact) mass is 334 g/mol. The van der Waals surface area contributed by atoms with Crippen molar-refractivity contribution in [2.45, 2.75) is 32.4 Å². The quantitative estimate of drug-likeness (QED) is 0.933. The molecule has 0 bridgehead atoms. The number of anilines is 1. The van der Waals surface area contributed by atoms with Crippen molar-refractivity contribution in [2.75, 3.05) is 19.0 Å². The molecule has 1 N–H and O–H groups in total. The minimum Gasteiger partial charge on any atom is -0.372 e. The first-order valence-electron chi connectivity index (χ1n) is 7.76. The van der Waals surface area contributed by atoms with E-state index in [4.69, 9.17) is 4.74 Å². The van der Waals surface area contributed by atoms with E-state index < -0.39 is 0 Å². The Hall–Kier alpha value is -1.86. The maximum Gasteiger partial charge on any atom is 0.323 e. The van der Waals surface area contributed by atoms with Crippen LogP contribution in [-0.4, -0.2) is 34.4 Å². The summed E-state index contributed by atoms with van der Waals surface area (Å²) in [7, 11) is 3.62. The second-order valence-corrected chi connectivity index (χ2v) is 7.25.